The minimum absolute atomic E-state index is 0.664. The van der Waals surface area contributed by atoms with Gasteiger partial charge in [-0.1, -0.05) is 45.4 Å². The fourth-order valence-electron chi connectivity index (χ4n) is 4.16. The Kier molecular flexibility index (Phi) is 4.54. The number of hydrogen-bond donors (Lipinski definition) is 0. The van der Waals surface area contributed by atoms with Crippen LogP contribution in [0, 0.1) is 5.92 Å². The van der Waals surface area contributed by atoms with Crippen molar-refractivity contribution >= 4 is 5.69 Å². The Morgan fingerprint density at radius 1 is 1.19 bits per heavy atom. The van der Waals surface area contributed by atoms with Gasteiger partial charge in [-0.2, -0.15) is 0 Å². The summed E-state index contributed by atoms with van der Waals surface area (Å²) in [5.74, 6) is 0.709. The van der Waals surface area contributed by atoms with E-state index in [1.165, 1.54) is 56.6 Å². The van der Waals surface area contributed by atoms with Gasteiger partial charge in [-0.15, -0.1) is 0 Å². The highest BCUT2D eigenvalue weighted by Gasteiger charge is 2.37. The van der Waals surface area contributed by atoms with Crippen molar-refractivity contribution in [2.24, 2.45) is 5.92 Å². The fraction of sp³-hybridized carbons (Fsp3) is 0.684. The maximum absolute atomic E-state index is 2.74. The molecule has 2 aliphatic rings. The molecular weight excluding hydrogens is 256 g/mol. The van der Waals surface area contributed by atoms with Crippen LogP contribution in [0.25, 0.3) is 0 Å². The van der Waals surface area contributed by atoms with Crippen LogP contribution in [-0.2, 0) is 6.42 Å². The summed E-state index contributed by atoms with van der Waals surface area (Å²) in [6, 6.07) is 10.5. The first-order valence-corrected chi connectivity index (χ1v) is 8.79. The molecule has 0 N–H and O–H groups in total. The number of rotatable bonds is 4. The van der Waals surface area contributed by atoms with Crippen LogP contribution in [0.5, 0.6) is 0 Å². The minimum atomic E-state index is 0.664. The van der Waals surface area contributed by atoms with E-state index in [0.29, 0.717) is 12.0 Å². The Bertz CT molecular complexity index is 468. The van der Waals surface area contributed by atoms with E-state index in [1.54, 1.807) is 0 Å². The van der Waals surface area contributed by atoms with E-state index in [-0.39, 0.29) is 0 Å². The van der Waals surface area contributed by atoms with Gasteiger partial charge in [0, 0.05) is 30.9 Å². The van der Waals surface area contributed by atoms with Crippen LogP contribution >= 0.6 is 0 Å². The Morgan fingerprint density at radius 2 is 2.00 bits per heavy atom. The SMILES string of the molecule is CCCc1ccccc1N1CC2CCCN2CC1C(C)C. The van der Waals surface area contributed by atoms with Gasteiger partial charge in [0.25, 0.3) is 0 Å². The van der Waals surface area contributed by atoms with Crippen molar-refractivity contribution in [2.45, 2.75) is 58.5 Å². The molecule has 0 amide bonds. The van der Waals surface area contributed by atoms with E-state index in [2.05, 4.69) is 54.8 Å². The summed E-state index contributed by atoms with van der Waals surface area (Å²) < 4.78 is 0. The van der Waals surface area contributed by atoms with Crippen LogP contribution in [-0.4, -0.2) is 36.6 Å². The normalized spacial score (nSPS) is 26.4. The number of aryl methyl sites for hydroxylation is 1. The second kappa shape index (κ2) is 6.39. The third-order valence-corrected chi connectivity index (χ3v) is 5.32. The lowest BCUT2D eigenvalue weighted by Gasteiger charge is -2.47. The van der Waals surface area contributed by atoms with E-state index in [1.807, 2.05) is 0 Å². The summed E-state index contributed by atoms with van der Waals surface area (Å²) in [6.07, 6.45) is 5.20. The lowest BCUT2D eigenvalue weighted by molar-refractivity contribution is 0.176. The van der Waals surface area contributed by atoms with E-state index in [4.69, 9.17) is 0 Å². The number of hydrogen-bond acceptors (Lipinski definition) is 2. The summed E-state index contributed by atoms with van der Waals surface area (Å²) >= 11 is 0. The van der Waals surface area contributed by atoms with Crippen molar-refractivity contribution in [3.63, 3.8) is 0 Å². The Hall–Kier alpha value is -1.02. The van der Waals surface area contributed by atoms with Crippen LogP contribution in [0.15, 0.2) is 24.3 Å². The maximum atomic E-state index is 2.74. The van der Waals surface area contributed by atoms with E-state index < -0.39 is 0 Å². The second-order valence-corrected chi connectivity index (χ2v) is 7.13. The maximum Gasteiger partial charge on any atom is 0.0440 e. The Labute approximate surface area is 130 Å². The molecule has 2 saturated heterocycles. The molecule has 21 heavy (non-hydrogen) atoms. The highest BCUT2D eigenvalue weighted by atomic mass is 15.3. The highest BCUT2D eigenvalue weighted by Crippen LogP contribution is 2.33. The van der Waals surface area contributed by atoms with Crippen molar-refractivity contribution in [2.75, 3.05) is 24.5 Å². The number of benzene rings is 1. The Balaban J connectivity index is 1.90. The minimum Gasteiger partial charge on any atom is -0.365 e. The summed E-state index contributed by atoms with van der Waals surface area (Å²) in [7, 11) is 0. The van der Waals surface area contributed by atoms with Gasteiger partial charge < -0.3 is 4.90 Å². The van der Waals surface area contributed by atoms with Gasteiger partial charge >= 0.3 is 0 Å². The molecule has 2 aliphatic heterocycles. The number of fused-ring (bicyclic) bond motifs is 1. The van der Waals surface area contributed by atoms with Gasteiger partial charge in [0.05, 0.1) is 0 Å². The van der Waals surface area contributed by atoms with Crippen molar-refractivity contribution in [3.05, 3.63) is 29.8 Å². The van der Waals surface area contributed by atoms with Gasteiger partial charge in [-0.3, -0.25) is 4.90 Å². The lowest BCUT2D eigenvalue weighted by atomic mass is 9.95. The average Bonchev–Trinajstić information content (AvgIpc) is 2.94. The van der Waals surface area contributed by atoms with Crippen LogP contribution in [0.3, 0.4) is 0 Å². The summed E-state index contributed by atoms with van der Waals surface area (Å²) in [5, 5.41) is 0. The first-order valence-electron chi connectivity index (χ1n) is 8.79. The van der Waals surface area contributed by atoms with E-state index in [0.717, 1.165) is 6.04 Å². The molecule has 3 rings (SSSR count). The zero-order valence-electron chi connectivity index (χ0n) is 13.9. The monoisotopic (exact) mass is 286 g/mol. The molecular formula is C19H30N2. The second-order valence-electron chi connectivity index (χ2n) is 7.13. The quantitative estimate of drug-likeness (QED) is 0.827. The number of piperazine rings is 1. The van der Waals surface area contributed by atoms with Gasteiger partial charge in [0.15, 0.2) is 0 Å². The fourth-order valence-corrected chi connectivity index (χ4v) is 4.16. The molecule has 2 heteroatoms. The largest absolute Gasteiger partial charge is 0.365 e. The lowest BCUT2D eigenvalue weighted by Crippen LogP contribution is -2.58. The average molecular weight is 286 g/mol. The van der Waals surface area contributed by atoms with Crippen molar-refractivity contribution in [3.8, 4) is 0 Å². The van der Waals surface area contributed by atoms with Crippen LogP contribution in [0.2, 0.25) is 0 Å². The van der Waals surface area contributed by atoms with E-state index >= 15 is 0 Å². The van der Waals surface area contributed by atoms with Gasteiger partial charge in [0.1, 0.15) is 0 Å². The van der Waals surface area contributed by atoms with Crippen molar-refractivity contribution < 1.29 is 0 Å². The molecule has 2 atom stereocenters. The molecule has 0 saturated carbocycles. The van der Waals surface area contributed by atoms with Crippen LogP contribution in [0.4, 0.5) is 5.69 Å². The first-order chi connectivity index (χ1) is 10.2. The molecule has 0 bridgehead atoms. The molecule has 1 aromatic carbocycles. The molecule has 2 heterocycles. The summed E-state index contributed by atoms with van der Waals surface area (Å²) in [6.45, 7) is 10.9. The molecule has 2 nitrogen and oxygen atoms in total. The zero-order chi connectivity index (χ0) is 14.8. The van der Waals surface area contributed by atoms with Gasteiger partial charge in [-0.25, -0.2) is 0 Å². The topological polar surface area (TPSA) is 6.48 Å². The summed E-state index contributed by atoms with van der Waals surface area (Å²) in [4.78, 5) is 5.48. The predicted molar refractivity (Wildman–Crippen MR) is 91.0 cm³/mol. The molecule has 0 aliphatic carbocycles. The number of anilines is 1. The smallest absolute Gasteiger partial charge is 0.0440 e. The molecule has 0 spiro atoms. The Morgan fingerprint density at radius 3 is 2.76 bits per heavy atom. The third-order valence-electron chi connectivity index (χ3n) is 5.32. The molecule has 1 aromatic rings. The van der Waals surface area contributed by atoms with Gasteiger partial charge in [0.2, 0.25) is 0 Å². The molecule has 2 unspecified atom stereocenters. The highest BCUT2D eigenvalue weighted by molar-refractivity contribution is 5.55. The standard InChI is InChI=1S/C19H30N2/c1-4-8-16-9-5-6-11-18(16)21-13-17-10-7-12-20(17)14-19(21)15(2)3/h5-6,9,11,15,17,19H,4,7-8,10,12-14H2,1-3H3. The first kappa shape index (κ1) is 14.9. The zero-order valence-corrected chi connectivity index (χ0v) is 13.9. The van der Waals surface area contributed by atoms with Crippen molar-refractivity contribution in [1.29, 1.82) is 0 Å². The van der Waals surface area contributed by atoms with Crippen molar-refractivity contribution in [1.82, 2.24) is 4.90 Å². The predicted octanol–water partition coefficient (Wildman–Crippen LogP) is 3.95. The van der Waals surface area contributed by atoms with Gasteiger partial charge in [-0.05, 0) is 43.4 Å². The van der Waals surface area contributed by atoms with Crippen LogP contribution < -0.4 is 4.90 Å². The molecule has 2 fully saturated rings. The third kappa shape index (κ3) is 2.96. The van der Waals surface area contributed by atoms with E-state index in [9.17, 15) is 0 Å². The molecule has 0 radical (unpaired) electrons. The van der Waals surface area contributed by atoms with Crippen LogP contribution in [0.1, 0.15) is 45.6 Å². The number of para-hydroxylation sites is 1. The molecule has 0 aromatic heterocycles. The number of nitrogens with zero attached hydrogens (tertiary/aromatic N) is 2. The summed E-state index contributed by atoms with van der Waals surface area (Å²) in [5.41, 5.74) is 3.04. The molecule has 116 valence electrons.